The predicted molar refractivity (Wildman–Crippen MR) is 209 cm³/mol. The van der Waals surface area contributed by atoms with Crippen molar-refractivity contribution in [3.8, 4) is 0 Å². The Labute approximate surface area is 308 Å². The number of thioether (sulfide) groups is 1. The number of hydrogen-bond donors (Lipinski definition) is 0. The molecule has 3 fully saturated rings. The van der Waals surface area contributed by atoms with E-state index >= 15 is 0 Å². The van der Waals surface area contributed by atoms with Crippen LogP contribution in [0, 0.1) is 50.4 Å². The van der Waals surface area contributed by atoms with Crippen LogP contribution in [-0.4, -0.2) is 13.3 Å². The molecule has 5 heteroatoms. The standard InChI is InChI=1S/C39H56SSi.2CH3.2ClH.Zr/c1-24(2)32-23-33-30(27-18-20-29(21-19-27)39(5,6)7)16-13-17-31(33)38(32)41(8,9)37-25(3)22-34-35(26(4)40-36(34)37)28-14-11-10-12-15-28;;;;;/h10-12,14-15,18-21,24-25,30-34,36-38H,13,16-17,22-23H2,1-9H3;2*1H3;2*1H;/q;2*-1;;;+4/p-2. The SMILES string of the molecule is CC1=C(c2ccccc2)C2CC(C)C([Si](C)(C)C3C(C(C)C)CC4C(c5ccc(C(C)(C)C)cc5)CCCC43)C2S1.[CH3-].[CH3-].[Cl][Zr+2][Cl]. The van der Waals surface area contributed by atoms with Crippen LogP contribution >= 0.6 is 28.8 Å². The summed E-state index contributed by atoms with van der Waals surface area (Å²) in [7, 11) is 8.28. The summed E-state index contributed by atoms with van der Waals surface area (Å²) in [5.74, 6) is 5.89. The molecule has 0 spiro atoms. The Morgan fingerprint density at radius 2 is 1.46 bits per heavy atom. The molecular weight excluding hydrogens is 715 g/mol. The predicted octanol–water partition coefficient (Wildman–Crippen LogP) is 14.1. The molecule has 0 saturated heterocycles. The van der Waals surface area contributed by atoms with Crippen molar-refractivity contribution in [2.24, 2.45) is 35.5 Å². The first-order valence-corrected chi connectivity index (χ1v) is 27.7. The zero-order chi connectivity index (χ0) is 32.0. The number of halogens is 2. The Balaban J connectivity index is 0.00000111. The van der Waals surface area contributed by atoms with Gasteiger partial charge in [0.1, 0.15) is 0 Å². The third kappa shape index (κ3) is 7.90. The second kappa shape index (κ2) is 16.5. The molecule has 6 rings (SSSR count). The van der Waals surface area contributed by atoms with E-state index in [1.165, 1.54) is 43.2 Å². The molecule has 0 bridgehead atoms. The first kappa shape index (κ1) is 40.6. The number of allylic oxidation sites excluding steroid dienone is 2. The van der Waals surface area contributed by atoms with Crippen molar-refractivity contribution in [2.75, 3.05) is 0 Å². The minimum atomic E-state index is -1.59. The number of benzene rings is 2. The van der Waals surface area contributed by atoms with E-state index in [9.17, 15) is 0 Å². The fraction of sp³-hybridized carbons (Fsp3) is 0.610. The Bertz CT molecular complexity index is 1280. The van der Waals surface area contributed by atoms with E-state index < -0.39 is 28.9 Å². The third-order valence-electron chi connectivity index (χ3n) is 12.5. The Hall–Kier alpha value is 0.210. The van der Waals surface area contributed by atoms with Crippen molar-refractivity contribution in [3.05, 3.63) is 91.0 Å². The zero-order valence-electron chi connectivity index (χ0n) is 30.7. The van der Waals surface area contributed by atoms with Crippen LogP contribution in [0.4, 0.5) is 0 Å². The second-order valence-electron chi connectivity index (χ2n) is 16.6. The van der Waals surface area contributed by atoms with E-state index in [-0.39, 0.29) is 20.3 Å². The first-order valence-electron chi connectivity index (χ1n) is 17.3. The molecule has 1 aliphatic heterocycles. The summed E-state index contributed by atoms with van der Waals surface area (Å²) in [5, 5.41) is 0.804. The summed E-state index contributed by atoms with van der Waals surface area (Å²) in [6.45, 7) is 23.0. The van der Waals surface area contributed by atoms with Crippen LogP contribution in [0.15, 0.2) is 59.5 Å². The summed E-state index contributed by atoms with van der Waals surface area (Å²) < 4.78 is 0. The van der Waals surface area contributed by atoms with Crippen LogP contribution in [0.2, 0.25) is 24.2 Å². The van der Waals surface area contributed by atoms with Gasteiger partial charge in [0.05, 0.1) is 8.07 Å². The summed E-state index contributed by atoms with van der Waals surface area (Å²) in [4.78, 5) is 1.62. The summed E-state index contributed by atoms with van der Waals surface area (Å²) in [6.07, 6.45) is 7.19. The zero-order valence-corrected chi connectivity index (χ0v) is 36.5. The summed E-state index contributed by atoms with van der Waals surface area (Å²) >= 11 is 1.46. The van der Waals surface area contributed by atoms with E-state index in [1.54, 1.807) is 16.0 Å². The van der Waals surface area contributed by atoms with E-state index in [2.05, 4.69) is 128 Å². The van der Waals surface area contributed by atoms with Crippen molar-refractivity contribution in [1.82, 2.24) is 0 Å². The van der Waals surface area contributed by atoms with E-state index in [4.69, 9.17) is 17.0 Å². The summed E-state index contributed by atoms with van der Waals surface area (Å²) in [6, 6.07) is 21.3. The van der Waals surface area contributed by atoms with Crippen molar-refractivity contribution >= 4 is 42.4 Å². The molecule has 46 heavy (non-hydrogen) atoms. The van der Waals surface area contributed by atoms with E-state index in [0.29, 0.717) is 0 Å². The molecule has 2 aromatic carbocycles. The van der Waals surface area contributed by atoms with Crippen LogP contribution in [0.1, 0.15) is 103 Å². The van der Waals surface area contributed by atoms with Gasteiger partial charge in [0, 0.05) is 5.25 Å². The summed E-state index contributed by atoms with van der Waals surface area (Å²) in [5.41, 5.74) is 8.42. The van der Waals surface area contributed by atoms with Crippen molar-refractivity contribution in [3.63, 3.8) is 0 Å². The molecule has 2 aromatic rings. The topological polar surface area (TPSA) is 0 Å². The first-order chi connectivity index (χ1) is 20.8. The average Bonchev–Trinajstić information content (AvgIpc) is 3.62. The molecule has 1 heterocycles. The third-order valence-corrected chi connectivity index (χ3v) is 19.4. The van der Waals surface area contributed by atoms with Gasteiger partial charge in [-0.15, -0.1) is 11.8 Å². The molecule has 9 atom stereocenters. The Morgan fingerprint density at radius 3 is 2.02 bits per heavy atom. The van der Waals surface area contributed by atoms with Gasteiger partial charge in [-0.1, -0.05) is 122 Å². The van der Waals surface area contributed by atoms with Gasteiger partial charge in [-0.3, -0.25) is 0 Å². The molecule has 254 valence electrons. The Kier molecular flexibility index (Phi) is 14.6. The van der Waals surface area contributed by atoms with Crippen molar-refractivity contribution in [1.29, 1.82) is 0 Å². The fourth-order valence-corrected chi connectivity index (χ4v) is 20.1. The van der Waals surface area contributed by atoms with Crippen molar-refractivity contribution in [2.45, 2.75) is 121 Å². The van der Waals surface area contributed by atoms with Gasteiger partial charge in [-0.25, -0.2) is 0 Å². The fourth-order valence-electron chi connectivity index (χ4n) is 10.9. The molecule has 0 radical (unpaired) electrons. The van der Waals surface area contributed by atoms with Gasteiger partial charge in [-0.05, 0) is 111 Å². The van der Waals surface area contributed by atoms with Gasteiger partial charge < -0.3 is 14.9 Å². The van der Waals surface area contributed by atoms with Crippen molar-refractivity contribution < 1.29 is 20.8 Å². The molecule has 0 amide bonds. The molecule has 0 nitrogen and oxygen atoms in total. The number of hydrogen-bond acceptors (Lipinski definition) is 1. The molecule has 3 aliphatic carbocycles. The quantitative estimate of drug-likeness (QED) is 0.215. The van der Waals surface area contributed by atoms with Gasteiger partial charge >= 0.3 is 37.9 Å². The number of fused-ring (bicyclic) bond motifs is 2. The Morgan fingerprint density at radius 1 is 0.848 bits per heavy atom. The molecule has 9 unspecified atom stereocenters. The maximum atomic E-state index is 4.93. The van der Waals surface area contributed by atoms with Gasteiger partial charge in [0.15, 0.2) is 0 Å². The molecule has 0 aromatic heterocycles. The number of rotatable bonds is 5. The van der Waals surface area contributed by atoms with Gasteiger partial charge in [0.2, 0.25) is 0 Å². The van der Waals surface area contributed by atoms with Gasteiger partial charge in [-0.2, -0.15) is 0 Å². The van der Waals surface area contributed by atoms with E-state index in [0.717, 1.165) is 57.8 Å². The van der Waals surface area contributed by atoms with Crippen LogP contribution < -0.4 is 0 Å². The van der Waals surface area contributed by atoms with Gasteiger partial charge in [0.25, 0.3) is 0 Å². The minimum absolute atomic E-state index is 0. The molecule has 3 saturated carbocycles. The normalized spacial score (nSPS) is 32.0. The molecular formula is C41H62Cl2SSiZr. The molecule has 0 N–H and O–H groups in total. The van der Waals surface area contributed by atoms with Crippen LogP contribution in [0.3, 0.4) is 0 Å². The van der Waals surface area contributed by atoms with E-state index in [1.807, 2.05) is 0 Å². The van der Waals surface area contributed by atoms with Crippen LogP contribution in [-0.2, 0) is 26.3 Å². The van der Waals surface area contributed by atoms with Crippen LogP contribution in [0.5, 0.6) is 0 Å². The molecule has 4 aliphatic rings. The maximum absolute atomic E-state index is 4.93. The average molecular weight is 777 g/mol. The second-order valence-corrected chi connectivity index (χ2v) is 26.7. The monoisotopic (exact) mass is 774 g/mol. The van der Waals surface area contributed by atoms with Crippen LogP contribution in [0.25, 0.3) is 5.57 Å².